The molecular formula is C16H14N4OS. The molecule has 0 aromatic carbocycles. The van der Waals surface area contributed by atoms with Crippen LogP contribution >= 0.6 is 11.3 Å². The molecule has 110 valence electrons. The van der Waals surface area contributed by atoms with Gasteiger partial charge in [0.05, 0.1) is 11.2 Å². The summed E-state index contributed by atoms with van der Waals surface area (Å²) >= 11 is 1.56. The molecule has 0 unspecified atom stereocenters. The van der Waals surface area contributed by atoms with Crippen LogP contribution in [-0.2, 0) is 10.3 Å². The Balaban J connectivity index is 1.78. The van der Waals surface area contributed by atoms with Gasteiger partial charge >= 0.3 is 0 Å². The number of fused-ring (bicyclic) bond motifs is 1. The van der Waals surface area contributed by atoms with Crippen molar-refractivity contribution in [1.29, 1.82) is 0 Å². The smallest absolute Gasteiger partial charge is 0.210 e. The average Bonchev–Trinajstić information content (AvgIpc) is 3.27. The van der Waals surface area contributed by atoms with Gasteiger partial charge in [-0.15, -0.1) is 0 Å². The number of hydrogen-bond acceptors (Lipinski definition) is 5. The number of aromatic nitrogens is 3. The Kier molecular flexibility index (Phi) is 2.94. The van der Waals surface area contributed by atoms with Crippen LogP contribution in [0.3, 0.4) is 0 Å². The van der Waals surface area contributed by atoms with Gasteiger partial charge in [-0.3, -0.25) is 9.78 Å². The molecule has 0 atom stereocenters. The van der Waals surface area contributed by atoms with Crippen molar-refractivity contribution in [2.75, 3.05) is 7.05 Å². The predicted octanol–water partition coefficient (Wildman–Crippen LogP) is 2.83. The molecule has 6 heteroatoms. The van der Waals surface area contributed by atoms with Crippen LogP contribution < -0.4 is 0 Å². The van der Waals surface area contributed by atoms with Crippen molar-refractivity contribution in [2.24, 2.45) is 0 Å². The quantitative estimate of drug-likeness (QED) is 0.695. The molecule has 0 aliphatic heterocycles. The van der Waals surface area contributed by atoms with Crippen molar-refractivity contribution in [2.45, 2.75) is 18.4 Å². The maximum absolute atomic E-state index is 11.1. The number of nitrogens with zero attached hydrogens (tertiary/aromatic N) is 4. The number of carbonyl (C=O) groups excluding carboxylic acids is 1. The second kappa shape index (κ2) is 4.84. The van der Waals surface area contributed by atoms with Crippen LogP contribution in [0.25, 0.3) is 20.9 Å². The minimum absolute atomic E-state index is 0.214. The number of amides is 1. The second-order valence-corrected chi connectivity index (χ2v) is 6.51. The predicted molar refractivity (Wildman–Crippen MR) is 85.4 cm³/mol. The summed E-state index contributed by atoms with van der Waals surface area (Å²) in [6.45, 7) is 0. The first-order chi connectivity index (χ1) is 10.7. The molecule has 0 bridgehead atoms. The molecule has 3 heterocycles. The Bertz CT molecular complexity index is 842. The summed E-state index contributed by atoms with van der Waals surface area (Å²) < 4.78 is 0. The highest BCUT2D eigenvalue weighted by molar-refractivity contribution is 7.21. The molecular weight excluding hydrogens is 296 g/mol. The molecule has 1 amide bonds. The molecule has 5 nitrogen and oxygen atoms in total. The van der Waals surface area contributed by atoms with E-state index in [4.69, 9.17) is 4.98 Å². The molecule has 0 saturated heterocycles. The third-order valence-corrected chi connectivity index (χ3v) is 5.21. The van der Waals surface area contributed by atoms with Crippen LogP contribution in [-0.4, -0.2) is 33.3 Å². The van der Waals surface area contributed by atoms with Gasteiger partial charge in [0.1, 0.15) is 15.4 Å². The summed E-state index contributed by atoms with van der Waals surface area (Å²) in [5.74, 6) is 0. The monoisotopic (exact) mass is 310 g/mol. The van der Waals surface area contributed by atoms with Gasteiger partial charge in [-0.05, 0) is 37.1 Å². The van der Waals surface area contributed by atoms with Gasteiger partial charge in [0.25, 0.3) is 0 Å². The zero-order chi connectivity index (χ0) is 15.2. The molecule has 4 rings (SSSR count). The van der Waals surface area contributed by atoms with Gasteiger partial charge < -0.3 is 4.90 Å². The van der Waals surface area contributed by atoms with E-state index in [9.17, 15) is 4.79 Å². The minimum atomic E-state index is -0.214. The Morgan fingerprint density at radius 1 is 1.27 bits per heavy atom. The summed E-state index contributed by atoms with van der Waals surface area (Å²) in [6, 6.07) is 7.88. The lowest BCUT2D eigenvalue weighted by molar-refractivity contribution is -0.119. The first-order valence-corrected chi connectivity index (χ1v) is 7.91. The van der Waals surface area contributed by atoms with Crippen LogP contribution in [0, 0.1) is 0 Å². The van der Waals surface area contributed by atoms with E-state index >= 15 is 0 Å². The third kappa shape index (κ3) is 1.99. The van der Waals surface area contributed by atoms with E-state index in [1.165, 1.54) is 0 Å². The number of thiazole rings is 1. The van der Waals surface area contributed by atoms with Crippen molar-refractivity contribution < 1.29 is 4.79 Å². The molecule has 0 spiro atoms. The van der Waals surface area contributed by atoms with Crippen LogP contribution in [0.5, 0.6) is 0 Å². The molecule has 1 aliphatic carbocycles. The van der Waals surface area contributed by atoms with Crippen molar-refractivity contribution >= 4 is 28.1 Å². The van der Waals surface area contributed by atoms with E-state index in [-0.39, 0.29) is 5.54 Å². The SMILES string of the molecule is CN(C=O)C1(c2ccc3nc(-c4cccnc4)sc3n2)CC1. The van der Waals surface area contributed by atoms with Gasteiger partial charge in [-0.1, -0.05) is 11.3 Å². The molecule has 1 fully saturated rings. The molecule has 3 aromatic rings. The normalized spacial score (nSPS) is 15.7. The van der Waals surface area contributed by atoms with Crippen LogP contribution in [0.1, 0.15) is 18.5 Å². The summed E-state index contributed by atoms with van der Waals surface area (Å²) in [6.07, 6.45) is 6.37. The number of rotatable bonds is 4. The van der Waals surface area contributed by atoms with Crippen LogP contribution in [0.15, 0.2) is 36.7 Å². The van der Waals surface area contributed by atoms with E-state index in [1.807, 2.05) is 31.3 Å². The highest BCUT2D eigenvalue weighted by atomic mass is 32.1. The third-order valence-electron chi connectivity index (χ3n) is 4.20. The number of pyridine rings is 2. The maximum Gasteiger partial charge on any atom is 0.210 e. The van der Waals surface area contributed by atoms with Gasteiger partial charge in [0.2, 0.25) is 6.41 Å². The van der Waals surface area contributed by atoms with Crippen LogP contribution in [0.4, 0.5) is 0 Å². The highest BCUT2D eigenvalue weighted by Gasteiger charge is 2.49. The average molecular weight is 310 g/mol. The van der Waals surface area contributed by atoms with E-state index in [2.05, 4.69) is 9.97 Å². The van der Waals surface area contributed by atoms with Gasteiger partial charge in [0, 0.05) is 25.0 Å². The lowest BCUT2D eigenvalue weighted by Crippen LogP contribution is -2.31. The number of carbonyl (C=O) groups is 1. The Labute approximate surface area is 131 Å². The summed E-state index contributed by atoms with van der Waals surface area (Å²) in [5.41, 5.74) is 2.63. The van der Waals surface area contributed by atoms with Gasteiger partial charge in [0.15, 0.2) is 0 Å². The van der Waals surface area contributed by atoms with E-state index < -0.39 is 0 Å². The topological polar surface area (TPSA) is 59.0 Å². The minimum Gasteiger partial charge on any atom is -0.337 e. The lowest BCUT2D eigenvalue weighted by Gasteiger charge is -2.23. The summed E-state index contributed by atoms with van der Waals surface area (Å²) in [5, 5.41) is 0.918. The fourth-order valence-electron chi connectivity index (χ4n) is 2.70. The zero-order valence-electron chi connectivity index (χ0n) is 12.1. The summed E-state index contributed by atoms with van der Waals surface area (Å²) in [7, 11) is 1.82. The summed E-state index contributed by atoms with van der Waals surface area (Å²) in [4.78, 5) is 27.2. The molecule has 3 aromatic heterocycles. The first-order valence-electron chi connectivity index (χ1n) is 7.10. The Morgan fingerprint density at radius 3 is 2.82 bits per heavy atom. The first kappa shape index (κ1) is 13.3. The van der Waals surface area contributed by atoms with E-state index in [0.29, 0.717) is 0 Å². The largest absolute Gasteiger partial charge is 0.337 e. The second-order valence-electron chi connectivity index (χ2n) is 5.53. The van der Waals surface area contributed by atoms with Crippen molar-refractivity contribution in [1.82, 2.24) is 19.9 Å². The van der Waals surface area contributed by atoms with Crippen LogP contribution in [0.2, 0.25) is 0 Å². The molecule has 1 aliphatic rings. The fourth-order valence-corrected chi connectivity index (χ4v) is 3.63. The van der Waals surface area contributed by atoms with Gasteiger partial charge in [-0.2, -0.15) is 0 Å². The van der Waals surface area contributed by atoms with E-state index in [0.717, 1.165) is 45.9 Å². The Morgan fingerprint density at radius 2 is 2.14 bits per heavy atom. The van der Waals surface area contributed by atoms with E-state index in [1.54, 1.807) is 28.6 Å². The van der Waals surface area contributed by atoms with Gasteiger partial charge in [-0.25, -0.2) is 9.97 Å². The van der Waals surface area contributed by atoms with Crippen molar-refractivity contribution in [3.05, 3.63) is 42.4 Å². The molecule has 0 N–H and O–H groups in total. The van der Waals surface area contributed by atoms with Crippen molar-refractivity contribution in [3.8, 4) is 10.6 Å². The highest BCUT2D eigenvalue weighted by Crippen LogP contribution is 2.49. The van der Waals surface area contributed by atoms with Crippen molar-refractivity contribution in [3.63, 3.8) is 0 Å². The number of hydrogen-bond donors (Lipinski definition) is 0. The molecule has 1 saturated carbocycles. The maximum atomic E-state index is 11.1. The standard InChI is InChI=1S/C16H14N4OS/c1-20(10-21)16(6-7-16)13-5-4-12-15(19-13)22-14(18-12)11-3-2-8-17-9-11/h2-5,8-10H,6-7H2,1H3. The molecule has 0 radical (unpaired) electrons. The molecule has 22 heavy (non-hydrogen) atoms. The zero-order valence-corrected chi connectivity index (χ0v) is 12.9. The fraction of sp³-hybridized carbons (Fsp3) is 0.250. The Hall–Kier alpha value is -2.34. The lowest BCUT2D eigenvalue weighted by atomic mass is 10.1.